The van der Waals surface area contributed by atoms with Crippen LogP contribution >= 0.6 is 0 Å². The van der Waals surface area contributed by atoms with E-state index in [1.807, 2.05) is 24.3 Å². The van der Waals surface area contributed by atoms with Crippen molar-refractivity contribution in [3.63, 3.8) is 0 Å². The lowest BCUT2D eigenvalue weighted by Crippen LogP contribution is -2.55. The fraction of sp³-hybridized carbons (Fsp3) is 0.423. The summed E-state index contributed by atoms with van der Waals surface area (Å²) in [6.07, 6.45) is 0.136. The third-order valence-corrected chi connectivity index (χ3v) is 6.67. The number of ether oxygens (including phenoxy) is 2. The van der Waals surface area contributed by atoms with Crippen LogP contribution in [0.25, 0.3) is 11.1 Å². The van der Waals surface area contributed by atoms with Gasteiger partial charge in [-0.3, -0.25) is 9.59 Å². The van der Waals surface area contributed by atoms with Crippen molar-refractivity contribution in [2.45, 2.75) is 37.6 Å². The fourth-order valence-electron chi connectivity index (χ4n) is 4.76. The van der Waals surface area contributed by atoms with E-state index in [1.54, 1.807) is 6.92 Å². The number of amides is 2. The topological polar surface area (TPSA) is 114 Å². The number of carboxylic acids is 1. The number of hydrogen-bond acceptors (Lipinski definition) is 5. The molecule has 2 aliphatic rings. The van der Waals surface area contributed by atoms with Crippen LogP contribution < -0.4 is 10.6 Å². The van der Waals surface area contributed by atoms with E-state index >= 15 is 0 Å². The predicted octanol–water partition coefficient (Wildman–Crippen LogP) is 3.30. The molecule has 1 heterocycles. The van der Waals surface area contributed by atoms with Gasteiger partial charge < -0.3 is 25.2 Å². The van der Waals surface area contributed by atoms with Crippen LogP contribution in [0.15, 0.2) is 48.5 Å². The molecular weight excluding hydrogens is 436 g/mol. The molecule has 1 aliphatic carbocycles. The van der Waals surface area contributed by atoms with Crippen molar-refractivity contribution in [2.75, 3.05) is 26.4 Å². The molecule has 0 saturated carbocycles. The zero-order valence-electron chi connectivity index (χ0n) is 19.2. The number of fused-ring (bicyclic) bond motifs is 3. The highest BCUT2D eigenvalue weighted by molar-refractivity contribution is 5.81. The van der Waals surface area contributed by atoms with Crippen LogP contribution in [-0.4, -0.2) is 55.0 Å². The molecule has 180 valence electrons. The molecule has 0 bridgehead atoms. The highest BCUT2D eigenvalue weighted by Gasteiger charge is 2.37. The van der Waals surface area contributed by atoms with Gasteiger partial charge in [-0.25, -0.2) is 4.79 Å². The largest absolute Gasteiger partial charge is 0.481 e. The summed E-state index contributed by atoms with van der Waals surface area (Å²) in [5.41, 5.74) is 3.75. The third-order valence-electron chi connectivity index (χ3n) is 6.67. The number of aliphatic carboxylic acids is 1. The summed E-state index contributed by atoms with van der Waals surface area (Å²) in [6, 6.07) is 16.2. The SMILES string of the molecule is CC(CNC(=O)OCC1c2ccccc2-c2ccccc21)C(=O)NC1(CC(=O)O)CCOCC1. The van der Waals surface area contributed by atoms with Gasteiger partial charge in [-0.15, -0.1) is 0 Å². The summed E-state index contributed by atoms with van der Waals surface area (Å²) in [6.45, 7) is 2.77. The summed E-state index contributed by atoms with van der Waals surface area (Å²) in [7, 11) is 0. The number of nitrogens with one attached hydrogen (secondary N) is 2. The lowest BCUT2D eigenvalue weighted by molar-refractivity contribution is -0.140. The minimum absolute atomic E-state index is 0.0386. The Morgan fingerprint density at radius 3 is 2.24 bits per heavy atom. The molecule has 34 heavy (non-hydrogen) atoms. The van der Waals surface area contributed by atoms with Gasteiger partial charge in [-0.05, 0) is 35.1 Å². The second-order valence-electron chi connectivity index (χ2n) is 9.06. The van der Waals surface area contributed by atoms with Crippen molar-refractivity contribution < 1.29 is 29.0 Å². The first-order valence-corrected chi connectivity index (χ1v) is 11.6. The number of rotatable bonds is 8. The van der Waals surface area contributed by atoms with Crippen LogP contribution in [-0.2, 0) is 19.1 Å². The monoisotopic (exact) mass is 466 g/mol. The van der Waals surface area contributed by atoms with Crippen molar-refractivity contribution in [2.24, 2.45) is 5.92 Å². The molecule has 8 heteroatoms. The number of benzene rings is 2. The van der Waals surface area contributed by atoms with E-state index in [9.17, 15) is 19.5 Å². The Hall–Kier alpha value is -3.39. The first kappa shape index (κ1) is 23.8. The second-order valence-corrected chi connectivity index (χ2v) is 9.06. The van der Waals surface area contributed by atoms with E-state index in [-0.39, 0.29) is 31.4 Å². The van der Waals surface area contributed by atoms with Gasteiger partial charge in [0.2, 0.25) is 5.91 Å². The Labute approximate surface area is 198 Å². The molecule has 1 unspecified atom stereocenters. The third kappa shape index (κ3) is 5.22. The minimum Gasteiger partial charge on any atom is -0.481 e. The Bertz CT molecular complexity index is 1020. The smallest absolute Gasteiger partial charge is 0.407 e. The summed E-state index contributed by atoms with van der Waals surface area (Å²) in [5.74, 6) is -1.86. The van der Waals surface area contributed by atoms with Gasteiger partial charge in [0.25, 0.3) is 0 Å². The number of alkyl carbamates (subject to hydrolysis) is 1. The first-order chi connectivity index (χ1) is 16.4. The van der Waals surface area contributed by atoms with Gasteiger partial charge in [-0.2, -0.15) is 0 Å². The van der Waals surface area contributed by atoms with Gasteiger partial charge in [0.1, 0.15) is 6.61 Å². The van der Waals surface area contributed by atoms with Crippen LogP contribution in [0.5, 0.6) is 0 Å². The van der Waals surface area contributed by atoms with E-state index < -0.39 is 23.5 Å². The van der Waals surface area contributed by atoms with Gasteiger partial charge in [0, 0.05) is 25.7 Å². The highest BCUT2D eigenvalue weighted by Crippen LogP contribution is 2.44. The molecule has 0 spiro atoms. The van der Waals surface area contributed by atoms with Crippen LogP contribution in [0, 0.1) is 5.92 Å². The van der Waals surface area contributed by atoms with Gasteiger partial charge in [-0.1, -0.05) is 55.5 Å². The van der Waals surface area contributed by atoms with Crippen molar-refractivity contribution in [1.82, 2.24) is 10.6 Å². The van der Waals surface area contributed by atoms with Crippen molar-refractivity contribution in [1.29, 1.82) is 0 Å². The van der Waals surface area contributed by atoms with E-state index in [1.165, 1.54) is 0 Å². The minimum atomic E-state index is -0.966. The van der Waals surface area contributed by atoms with E-state index in [0.717, 1.165) is 22.3 Å². The van der Waals surface area contributed by atoms with Crippen LogP contribution in [0.4, 0.5) is 4.79 Å². The lowest BCUT2D eigenvalue weighted by Gasteiger charge is -2.37. The summed E-state index contributed by atoms with van der Waals surface area (Å²) >= 11 is 0. The molecule has 0 aromatic heterocycles. The van der Waals surface area contributed by atoms with Crippen molar-refractivity contribution in [3.05, 3.63) is 59.7 Å². The molecule has 0 radical (unpaired) electrons. The number of carboxylic acid groups (broad SMARTS) is 1. The number of carbonyl (C=O) groups excluding carboxylic acids is 2. The molecule has 2 aromatic rings. The molecular formula is C26H30N2O6. The molecule has 4 rings (SSSR count). The molecule has 1 saturated heterocycles. The van der Waals surface area contributed by atoms with Gasteiger partial charge in [0.15, 0.2) is 0 Å². The zero-order chi connectivity index (χ0) is 24.1. The molecule has 2 aromatic carbocycles. The summed E-state index contributed by atoms with van der Waals surface area (Å²) in [5, 5.41) is 14.8. The number of hydrogen-bond donors (Lipinski definition) is 3. The molecule has 2 amide bonds. The Morgan fingerprint density at radius 1 is 1.06 bits per heavy atom. The Morgan fingerprint density at radius 2 is 1.65 bits per heavy atom. The van der Waals surface area contributed by atoms with Crippen LogP contribution in [0.1, 0.15) is 43.2 Å². The standard InChI is InChI=1S/C26H30N2O6/c1-17(24(31)28-26(14-23(29)30)10-12-33-13-11-26)15-27-25(32)34-16-22-20-8-4-2-6-18(20)19-7-3-5-9-21(19)22/h2-9,17,22H,10-16H2,1H3,(H,27,32)(H,28,31)(H,29,30). The van der Waals surface area contributed by atoms with Gasteiger partial charge in [0.05, 0.1) is 17.9 Å². The van der Waals surface area contributed by atoms with E-state index in [0.29, 0.717) is 26.1 Å². The maximum absolute atomic E-state index is 12.7. The Balaban J connectivity index is 1.29. The maximum atomic E-state index is 12.7. The summed E-state index contributed by atoms with van der Waals surface area (Å²) in [4.78, 5) is 36.4. The molecule has 8 nitrogen and oxygen atoms in total. The van der Waals surface area contributed by atoms with Gasteiger partial charge >= 0.3 is 12.1 Å². The normalized spacial score (nSPS) is 17.2. The van der Waals surface area contributed by atoms with Crippen molar-refractivity contribution >= 4 is 18.0 Å². The number of carbonyl (C=O) groups is 3. The van der Waals surface area contributed by atoms with E-state index in [2.05, 4.69) is 34.9 Å². The first-order valence-electron chi connectivity index (χ1n) is 11.6. The zero-order valence-corrected chi connectivity index (χ0v) is 19.2. The maximum Gasteiger partial charge on any atom is 0.407 e. The molecule has 1 fully saturated rings. The molecule has 1 atom stereocenters. The molecule has 3 N–H and O–H groups in total. The lowest BCUT2D eigenvalue weighted by atomic mass is 9.86. The molecule has 1 aliphatic heterocycles. The quantitative estimate of drug-likeness (QED) is 0.550. The fourth-order valence-corrected chi connectivity index (χ4v) is 4.76. The van der Waals surface area contributed by atoms with Crippen LogP contribution in [0.2, 0.25) is 0 Å². The predicted molar refractivity (Wildman–Crippen MR) is 125 cm³/mol. The second kappa shape index (κ2) is 10.3. The average Bonchev–Trinajstić information content (AvgIpc) is 3.15. The summed E-state index contributed by atoms with van der Waals surface area (Å²) < 4.78 is 10.8. The van der Waals surface area contributed by atoms with E-state index in [4.69, 9.17) is 9.47 Å². The highest BCUT2D eigenvalue weighted by atomic mass is 16.5. The van der Waals surface area contributed by atoms with Crippen LogP contribution in [0.3, 0.4) is 0 Å². The average molecular weight is 467 g/mol. The van der Waals surface area contributed by atoms with Crippen molar-refractivity contribution in [3.8, 4) is 11.1 Å². The Kier molecular flexibility index (Phi) is 7.17.